The highest BCUT2D eigenvalue weighted by Crippen LogP contribution is 2.27. The fourth-order valence-corrected chi connectivity index (χ4v) is 2.49. The van der Waals surface area contributed by atoms with Crippen LogP contribution in [0, 0.1) is 31.3 Å². The number of anilines is 4. The van der Waals surface area contributed by atoms with Gasteiger partial charge in [-0.05, 0) is 43.7 Å². The molecule has 3 aromatic rings. The van der Waals surface area contributed by atoms with E-state index in [1.54, 1.807) is 25.1 Å². The standard InChI is InChI=1S/C18H14ClF3N4/c1-9-8-15(24-13-5-3-4-11(19)10(13)2)26-18(23-9)25-14-7-6-12(20)16(21)17(14)22/h3-8H,1-2H3,(H2,23,24,25,26). The van der Waals surface area contributed by atoms with Gasteiger partial charge in [0.1, 0.15) is 5.82 Å². The molecule has 0 saturated carbocycles. The second kappa shape index (κ2) is 7.21. The van der Waals surface area contributed by atoms with Crippen LogP contribution in [0.3, 0.4) is 0 Å². The highest BCUT2D eigenvalue weighted by molar-refractivity contribution is 6.31. The third-order valence-electron chi connectivity index (χ3n) is 3.67. The Bertz CT molecular complexity index is 979. The largest absolute Gasteiger partial charge is 0.340 e. The third kappa shape index (κ3) is 3.72. The van der Waals surface area contributed by atoms with Crippen LogP contribution in [0.25, 0.3) is 0 Å². The van der Waals surface area contributed by atoms with Crippen molar-refractivity contribution in [3.05, 3.63) is 70.1 Å². The normalized spacial score (nSPS) is 10.7. The lowest BCUT2D eigenvalue weighted by Crippen LogP contribution is -2.05. The summed E-state index contributed by atoms with van der Waals surface area (Å²) in [4.78, 5) is 8.36. The molecule has 0 bridgehead atoms. The molecule has 0 atom stereocenters. The van der Waals surface area contributed by atoms with Gasteiger partial charge in [0, 0.05) is 22.5 Å². The van der Waals surface area contributed by atoms with Crippen LogP contribution in [-0.2, 0) is 0 Å². The molecule has 0 saturated heterocycles. The van der Waals surface area contributed by atoms with E-state index in [9.17, 15) is 13.2 Å². The summed E-state index contributed by atoms with van der Waals surface area (Å²) in [5, 5.41) is 6.28. The molecule has 2 N–H and O–H groups in total. The van der Waals surface area contributed by atoms with Gasteiger partial charge >= 0.3 is 0 Å². The number of benzene rings is 2. The minimum atomic E-state index is -1.56. The van der Waals surface area contributed by atoms with Gasteiger partial charge in [0.15, 0.2) is 17.5 Å². The zero-order valence-corrected chi connectivity index (χ0v) is 14.6. The van der Waals surface area contributed by atoms with Crippen LogP contribution in [0.2, 0.25) is 5.02 Å². The molecule has 3 rings (SSSR count). The SMILES string of the molecule is Cc1cc(Nc2cccc(Cl)c2C)nc(Nc2ccc(F)c(F)c2F)n1. The predicted octanol–water partition coefficient (Wildman–Crippen LogP) is 5.65. The highest BCUT2D eigenvalue weighted by atomic mass is 35.5. The van der Waals surface area contributed by atoms with E-state index in [2.05, 4.69) is 20.6 Å². The van der Waals surface area contributed by atoms with Gasteiger partial charge in [0.25, 0.3) is 0 Å². The molecule has 1 aromatic heterocycles. The van der Waals surface area contributed by atoms with Crippen LogP contribution in [0.1, 0.15) is 11.3 Å². The molecule has 0 fully saturated rings. The number of nitrogens with zero attached hydrogens (tertiary/aromatic N) is 2. The van der Waals surface area contributed by atoms with Gasteiger partial charge in [-0.2, -0.15) is 4.98 Å². The van der Waals surface area contributed by atoms with E-state index in [0.29, 0.717) is 16.5 Å². The molecule has 0 aliphatic carbocycles. The van der Waals surface area contributed by atoms with E-state index in [1.807, 2.05) is 13.0 Å². The van der Waals surface area contributed by atoms with E-state index < -0.39 is 17.5 Å². The Hall–Kier alpha value is -2.80. The summed E-state index contributed by atoms with van der Waals surface area (Å²) in [7, 11) is 0. The number of hydrogen-bond acceptors (Lipinski definition) is 4. The van der Waals surface area contributed by atoms with Crippen LogP contribution in [0.4, 0.5) is 36.3 Å². The summed E-state index contributed by atoms with van der Waals surface area (Å²) in [6, 6.07) is 8.99. The lowest BCUT2D eigenvalue weighted by atomic mass is 10.2. The van der Waals surface area contributed by atoms with Crippen LogP contribution < -0.4 is 10.6 Å². The Kier molecular flexibility index (Phi) is 4.99. The zero-order chi connectivity index (χ0) is 18.8. The average molecular weight is 379 g/mol. The molecule has 0 aliphatic rings. The second-order valence-corrected chi connectivity index (χ2v) is 6.01. The fourth-order valence-electron chi connectivity index (χ4n) is 2.31. The summed E-state index contributed by atoms with van der Waals surface area (Å²) in [5.41, 5.74) is 1.92. The Morgan fingerprint density at radius 2 is 1.65 bits per heavy atom. The van der Waals surface area contributed by atoms with Gasteiger partial charge < -0.3 is 10.6 Å². The number of nitrogens with one attached hydrogen (secondary N) is 2. The Labute approximate surface area is 153 Å². The molecule has 0 unspecified atom stereocenters. The Morgan fingerprint density at radius 3 is 2.42 bits per heavy atom. The van der Waals surface area contributed by atoms with Crippen molar-refractivity contribution in [2.45, 2.75) is 13.8 Å². The lowest BCUT2D eigenvalue weighted by molar-refractivity contribution is 0.449. The number of aromatic nitrogens is 2. The van der Waals surface area contributed by atoms with Gasteiger partial charge in [-0.25, -0.2) is 18.2 Å². The molecule has 26 heavy (non-hydrogen) atoms. The first-order valence-electron chi connectivity index (χ1n) is 7.63. The number of hydrogen-bond donors (Lipinski definition) is 2. The zero-order valence-electron chi connectivity index (χ0n) is 13.9. The Morgan fingerprint density at radius 1 is 0.885 bits per heavy atom. The molecular weight excluding hydrogens is 365 g/mol. The monoisotopic (exact) mass is 378 g/mol. The van der Waals surface area contributed by atoms with Crippen LogP contribution >= 0.6 is 11.6 Å². The molecule has 0 amide bonds. The van der Waals surface area contributed by atoms with Crippen LogP contribution in [0.5, 0.6) is 0 Å². The van der Waals surface area contributed by atoms with Crippen molar-refractivity contribution in [3.8, 4) is 0 Å². The molecule has 134 valence electrons. The number of halogens is 4. The molecular formula is C18H14ClF3N4. The van der Waals surface area contributed by atoms with Crippen molar-refractivity contribution < 1.29 is 13.2 Å². The lowest BCUT2D eigenvalue weighted by Gasteiger charge is -2.12. The second-order valence-electron chi connectivity index (χ2n) is 5.60. The van der Waals surface area contributed by atoms with Crippen molar-refractivity contribution in [3.63, 3.8) is 0 Å². The fraction of sp³-hybridized carbons (Fsp3) is 0.111. The maximum absolute atomic E-state index is 13.8. The van der Waals surface area contributed by atoms with Crippen molar-refractivity contribution >= 4 is 34.7 Å². The first-order chi connectivity index (χ1) is 12.3. The smallest absolute Gasteiger partial charge is 0.229 e. The van der Waals surface area contributed by atoms with Crippen LogP contribution in [0.15, 0.2) is 36.4 Å². The number of rotatable bonds is 4. The van der Waals surface area contributed by atoms with Crippen LogP contribution in [-0.4, -0.2) is 9.97 Å². The van der Waals surface area contributed by atoms with Crippen molar-refractivity contribution in [1.29, 1.82) is 0 Å². The minimum absolute atomic E-state index is 0.0390. The first kappa shape index (κ1) is 18.0. The third-order valence-corrected chi connectivity index (χ3v) is 4.08. The highest BCUT2D eigenvalue weighted by Gasteiger charge is 2.15. The molecule has 0 aliphatic heterocycles. The summed E-state index contributed by atoms with van der Waals surface area (Å²) in [6.45, 7) is 3.58. The van der Waals surface area contributed by atoms with Gasteiger partial charge in [-0.1, -0.05) is 17.7 Å². The van der Waals surface area contributed by atoms with Crippen molar-refractivity contribution in [2.75, 3.05) is 10.6 Å². The minimum Gasteiger partial charge on any atom is -0.340 e. The van der Waals surface area contributed by atoms with E-state index in [-0.39, 0.29) is 11.6 Å². The molecule has 8 heteroatoms. The Balaban J connectivity index is 1.91. The topological polar surface area (TPSA) is 49.8 Å². The van der Waals surface area contributed by atoms with E-state index in [1.165, 1.54) is 0 Å². The molecule has 0 radical (unpaired) electrons. The quantitative estimate of drug-likeness (QED) is 0.576. The summed E-state index contributed by atoms with van der Waals surface area (Å²) >= 11 is 6.10. The summed E-state index contributed by atoms with van der Waals surface area (Å²) < 4.78 is 40.2. The molecule has 0 spiro atoms. The van der Waals surface area contributed by atoms with E-state index >= 15 is 0 Å². The van der Waals surface area contributed by atoms with E-state index in [0.717, 1.165) is 23.4 Å². The van der Waals surface area contributed by atoms with Crippen molar-refractivity contribution in [1.82, 2.24) is 9.97 Å². The average Bonchev–Trinajstić information content (AvgIpc) is 2.59. The van der Waals surface area contributed by atoms with Crippen molar-refractivity contribution in [2.24, 2.45) is 0 Å². The maximum atomic E-state index is 13.8. The van der Waals surface area contributed by atoms with Gasteiger partial charge in [-0.3, -0.25) is 0 Å². The number of aryl methyl sites for hydroxylation is 1. The molecule has 4 nitrogen and oxygen atoms in total. The molecule has 2 aromatic carbocycles. The predicted molar refractivity (Wildman–Crippen MR) is 95.8 cm³/mol. The summed E-state index contributed by atoms with van der Waals surface area (Å²) in [6.07, 6.45) is 0. The van der Waals surface area contributed by atoms with Gasteiger partial charge in [0.2, 0.25) is 5.95 Å². The molecule has 1 heterocycles. The maximum Gasteiger partial charge on any atom is 0.229 e. The van der Waals surface area contributed by atoms with E-state index in [4.69, 9.17) is 11.6 Å². The first-order valence-corrected chi connectivity index (χ1v) is 8.01. The van der Waals surface area contributed by atoms with Gasteiger partial charge in [-0.15, -0.1) is 0 Å². The summed E-state index contributed by atoms with van der Waals surface area (Å²) in [5.74, 6) is -3.69. The van der Waals surface area contributed by atoms with Gasteiger partial charge in [0.05, 0.1) is 5.69 Å².